The SMILES string of the molecule is CCN1CCN(C(=O)c2ccn3c(-c4cccc(Cl)c4)nnc3c2)CC1. The molecule has 0 atom stereocenters. The predicted octanol–water partition coefficient (Wildman–Crippen LogP) is 2.83. The van der Waals surface area contributed by atoms with Crippen LogP contribution in [0.1, 0.15) is 17.3 Å². The molecule has 0 spiro atoms. The Morgan fingerprint density at radius 2 is 1.92 bits per heavy atom. The van der Waals surface area contributed by atoms with E-state index >= 15 is 0 Å². The average molecular weight is 370 g/mol. The number of likely N-dealkylation sites (N-methyl/N-ethyl adjacent to an activating group) is 1. The first-order chi connectivity index (χ1) is 12.7. The number of carbonyl (C=O) groups excluding carboxylic acids is 1. The van der Waals surface area contributed by atoms with Crippen molar-refractivity contribution in [3.05, 3.63) is 53.2 Å². The first-order valence-electron chi connectivity index (χ1n) is 8.78. The van der Waals surface area contributed by atoms with Gasteiger partial charge in [0.1, 0.15) is 0 Å². The van der Waals surface area contributed by atoms with Gasteiger partial charge in [0.2, 0.25) is 0 Å². The molecule has 1 fully saturated rings. The minimum atomic E-state index is 0.0514. The topological polar surface area (TPSA) is 53.7 Å². The summed E-state index contributed by atoms with van der Waals surface area (Å²) in [6, 6.07) is 11.1. The molecule has 1 aliphatic rings. The van der Waals surface area contributed by atoms with Crippen molar-refractivity contribution in [2.75, 3.05) is 32.7 Å². The molecule has 0 aliphatic carbocycles. The van der Waals surface area contributed by atoms with Gasteiger partial charge in [0.05, 0.1) is 0 Å². The minimum absolute atomic E-state index is 0.0514. The van der Waals surface area contributed by atoms with Crippen molar-refractivity contribution in [1.82, 2.24) is 24.4 Å². The molecule has 1 saturated heterocycles. The number of fused-ring (bicyclic) bond motifs is 1. The summed E-state index contributed by atoms with van der Waals surface area (Å²) in [7, 11) is 0. The summed E-state index contributed by atoms with van der Waals surface area (Å²) in [6.07, 6.45) is 1.85. The third-order valence-corrected chi connectivity index (χ3v) is 5.08. The van der Waals surface area contributed by atoms with Gasteiger partial charge in [0.25, 0.3) is 5.91 Å². The molecule has 6 nitrogen and oxygen atoms in total. The minimum Gasteiger partial charge on any atom is -0.336 e. The molecule has 0 unspecified atom stereocenters. The van der Waals surface area contributed by atoms with Crippen LogP contribution in [-0.2, 0) is 0 Å². The maximum Gasteiger partial charge on any atom is 0.254 e. The number of piperazine rings is 1. The van der Waals surface area contributed by atoms with E-state index in [-0.39, 0.29) is 5.91 Å². The van der Waals surface area contributed by atoms with E-state index in [0.29, 0.717) is 22.1 Å². The zero-order chi connectivity index (χ0) is 18.1. The fourth-order valence-corrected chi connectivity index (χ4v) is 3.49. The summed E-state index contributed by atoms with van der Waals surface area (Å²) in [6.45, 7) is 6.55. The molecule has 7 heteroatoms. The summed E-state index contributed by atoms with van der Waals surface area (Å²) < 4.78 is 1.87. The molecule has 3 heterocycles. The molecule has 134 valence electrons. The van der Waals surface area contributed by atoms with E-state index in [1.54, 1.807) is 6.07 Å². The van der Waals surface area contributed by atoms with Crippen LogP contribution in [0.4, 0.5) is 0 Å². The highest BCUT2D eigenvalue weighted by Crippen LogP contribution is 2.22. The quantitative estimate of drug-likeness (QED) is 0.712. The molecule has 0 saturated carbocycles. The zero-order valence-electron chi connectivity index (χ0n) is 14.6. The van der Waals surface area contributed by atoms with Crippen LogP contribution >= 0.6 is 11.6 Å². The number of hydrogen-bond donors (Lipinski definition) is 0. The van der Waals surface area contributed by atoms with Gasteiger partial charge < -0.3 is 9.80 Å². The Balaban J connectivity index is 1.60. The van der Waals surface area contributed by atoms with E-state index < -0.39 is 0 Å². The first kappa shape index (κ1) is 17.0. The molecular formula is C19H20ClN5O. The van der Waals surface area contributed by atoms with E-state index in [1.165, 1.54) is 0 Å². The highest BCUT2D eigenvalue weighted by atomic mass is 35.5. The number of halogens is 1. The summed E-state index contributed by atoms with van der Waals surface area (Å²) >= 11 is 6.08. The lowest BCUT2D eigenvalue weighted by molar-refractivity contribution is 0.0643. The van der Waals surface area contributed by atoms with Gasteiger partial charge in [0, 0.05) is 48.5 Å². The zero-order valence-corrected chi connectivity index (χ0v) is 15.4. The number of benzene rings is 1. The monoisotopic (exact) mass is 369 g/mol. The molecule has 0 N–H and O–H groups in total. The fraction of sp³-hybridized carbons (Fsp3) is 0.316. The number of hydrogen-bond acceptors (Lipinski definition) is 4. The number of amides is 1. The summed E-state index contributed by atoms with van der Waals surface area (Å²) in [4.78, 5) is 17.1. The highest BCUT2D eigenvalue weighted by molar-refractivity contribution is 6.30. The van der Waals surface area contributed by atoms with Crippen LogP contribution in [-0.4, -0.2) is 63.0 Å². The standard InChI is InChI=1S/C19H20ClN5O/c1-2-23-8-10-24(11-9-23)19(26)15-6-7-25-17(13-15)21-22-18(25)14-4-3-5-16(20)12-14/h3-7,12-13H,2,8-11H2,1H3. The Morgan fingerprint density at radius 1 is 1.12 bits per heavy atom. The number of nitrogens with zero attached hydrogens (tertiary/aromatic N) is 5. The number of rotatable bonds is 3. The number of aromatic nitrogens is 3. The Bertz CT molecular complexity index is 946. The summed E-state index contributed by atoms with van der Waals surface area (Å²) in [5.41, 5.74) is 2.19. The second kappa shape index (κ2) is 7.05. The van der Waals surface area contributed by atoms with Gasteiger partial charge >= 0.3 is 0 Å². The van der Waals surface area contributed by atoms with E-state index in [9.17, 15) is 4.79 Å². The molecular weight excluding hydrogens is 350 g/mol. The second-order valence-electron chi connectivity index (χ2n) is 6.40. The Hall–Kier alpha value is -2.44. The molecule has 0 radical (unpaired) electrons. The molecule has 4 rings (SSSR count). The predicted molar refractivity (Wildman–Crippen MR) is 101 cm³/mol. The normalized spacial score (nSPS) is 15.5. The van der Waals surface area contributed by atoms with Crippen molar-refractivity contribution in [2.24, 2.45) is 0 Å². The van der Waals surface area contributed by atoms with Gasteiger partial charge in [0.15, 0.2) is 11.5 Å². The summed E-state index contributed by atoms with van der Waals surface area (Å²) in [5.74, 6) is 0.758. The van der Waals surface area contributed by atoms with Gasteiger partial charge in [-0.25, -0.2) is 0 Å². The maximum atomic E-state index is 12.8. The number of pyridine rings is 1. The van der Waals surface area contributed by atoms with Crippen molar-refractivity contribution in [2.45, 2.75) is 6.92 Å². The van der Waals surface area contributed by atoms with Crippen LogP contribution in [0.2, 0.25) is 5.02 Å². The molecule has 1 aromatic carbocycles. The lowest BCUT2D eigenvalue weighted by Gasteiger charge is -2.34. The Morgan fingerprint density at radius 3 is 2.65 bits per heavy atom. The van der Waals surface area contributed by atoms with Crippen molar-refractivity contribution in [1.29, 1.82) is 0 Å². The van der Waals surface area contributed by atoms with Crippen molar-refractivity contribution in [3.63, 3.8) is 0 Å². The van der Waals surface area contributed by atoms with Gasteiger partial charge in [-0.05, 0) is 30.8 Å². The van der Waals surface area contributed by atoms with E-state index in [0.717, 1.165) is 38.3 Å². The second-order valence-corrected chi connectivity index (χ2v) is 6.84. The first-order valence-corrected chi connectivity index (χ1v) is 9.16. The van der Waals surface area contributed by atoms with E-state index in [2.05, 4.69) is 22.0 Å². The van der Waals surface area contributed by atoms with Gasteiger partial charge in [-0.3, -0.25) is 9.20 Å². The van der Waals surface area contributed by atoms with Crippen LogP contribution in [0.25, 0.3) is 17.0 Å². The molecule has 0 bridgehead atoms. The van der Waals surface area contributed by atoms with Crippen LogP contribution in [0.15, 0.2) is 42.6 Å². The third kappa shape index (κ3) is 3.18. The fourth-order valence-electron chi connectivity index (χ4n) is 3.30. The van der Waals surface area contributed by atoms with Crippen LogP contribution in [0, 0.1) is 0 Å². The van der Waals surface area contributed by atoms with Crippen molar-refractivity contribution in [3.8, 4) is 11.4 Å². The Labute approximate surface area is 157 Å². The largest absolute Gasteiger partial charge is 0.336 e. The highest BCUT2D eigenvalue weighted by Gasteiger charge is 2.22. The maximum absolute atomic E-state index is 12.8. The molecule has 1 aliphatic heterocycles. The van der Waals surface area contributed by atoms with Gasteiger partial charge in [-0.1, -0.05) is 30.7 Å². The van der Waals surface area contributed by atoms with E-state index in [4.69, 9.17) is 11.6 Å². The van der Waals surface area contributed by atoms with Crippen LogP contribution in [0.5, 0.6) is 0 Å². The smallest absolute Gasteiger partial charge is 0.254 e. The third-order valence-electron chi connectivity index (χ3n) is 4.85. The average Bonchev–Trinajstić information content (AvgIpc) is 3.10. The van der Waals surface area contributed by atoms with Gasteiger partial charge in [-0.15, -0.1) is 10.2 Å². The number of carbonyl (C=O) groups is 1. The summed E-state index contributed by atoms with van der Waals surface area (Å²) in [5, 5.41) is 9.14. The lowest BCUT2D eigenvalue weighted by Crippen LogP contribution is -2.48. The van der Waals surface area contributed by atoms with Crippen LogP contribution < -0.4 is 0 Å². The molecule has 2 aromatic heterocycles. The van der Waals surface area contributed by atoms with Crippen molar-refractivity contribution >= 4 is 23.2 Å². The molecule has 3 aromatic rings. The van der Waals surface area contributed by atoms with E-state index in [1.807, 2.05) is 45.8 Å². The molecule has 26 heavy (non-hydrogen) atoms. The lowest BCUT2D eigenvalue weighted by atomic mass is 10.2. The van der Waals surface area contributed by atoms with Crippen LogP contribution in [0.3, 0.4) is 0 Å². The van der Waals surface area contributed by atoms with Crippen molar-refractivity contribution < 1.29 is 4.79 Å². The van der Waals surface area contributed by atoms with Gasteiger partial charge in [-0.2, -0.15) is 0 Å². The molecule has 1 amide bonds. The Kier molecular flexibility index (Phi) is 4.61.